The van der Waals surface area contributed by atoms with E-state index in [9.17, 15) is 22.8 Å². The highest BCUT2D eigenvalue weighted by Crippen LogP contribution is 2.01. The van der Waals surface area contributed by atoms with Crippen LogP contribution in [-0.2, 0) is 33.1 Å². The van der Waals surface area contributed by atoms with Gasteiger partial charge in [0.15, 0.2) is 0 Å². The Hall–Kier alpha value is -1.64. The molecule has 86 valence electrons. The number of carbonyl (C=O) groups excluding carboxylic acids is 2. The van der Waals surface area contributed by atoms with E-state index >= 15 is 0 Å². The Labute approximate surface area is 85.1 Å². The van der Waals surface area contributed by atoms with Gasteiger partial charge in [0.25, 0.3) is 0 Å². The van der Waals surface area contributed by atoms with Gasteiger partial charge in [-0.05, 0) is 0 Å². The normalized spacial score (nSPS) is 10.5. The standard InChI is InChI=1S/C6H8O8S/c1-4(7)13-15(11,12)14-6(10)3-2-5(8)9/h2-3H2,1H3,(H,8,9). The summed E-state index contributed by atoms with van der Waals surface area (Å²) in [6.45, 7) is 0.808. The fourth-order valence-electron chi connectivity index (χ4n) is 0.525. The number of carboxylic acid groups (broad SMARTS) is 1. The number of hydrogen-bond donors (Lipinski definition) is 1. The molecule has 0 atom stereocenters. The van der Waals surface area contributed by atoms with Gasteiger partial charge in [-0.1, -0.05) is 0 Å². The van der Waals surface area contributed by atoms with Crippen LogP contribution < -0.4 is 0 Å². The number of rotatable bonds is 5. The van der Waals surface area contributed by atoms with Crippen molar-refractivity contribution in [2.45, 2.75) is 19.8 Å². The van der Waals surface area contributed by atoms with Gasteiger partial charge in [-0.15, -0.1) is 8.42 Å². The van der Waals surface area contributed by atoms with Crippen molar-refractivity contribution in [3.05, 3.63) is 0 Å². The molecule has 0 aliphatic heterocycles. The molecule has 0 bridgehead atoms. The van der Waals surface area contributed by atoms with Gasteiger partial charge < -0.3 is 13.5 Å². The molecule has 0 radical (unpaired) electrons. The van der Waals surface area contributed by atoms with Crippen LogP contribution in [0, 0.1) is 0 Å². The lowest BCUT2D eigenvalue weighted by Crippen LogP contribution is -2.18. The molecule has 0 aromatic heterocycles. The first-order valence-corrected chi connectivity index (χ1v) is 4.95. The molecule has 0 unspecified atom stereocenters. The molecule has 1 N–H and O–H groups in total. The van der Waals surface area contributed by atoms with Gasteiger partial charge in [0.2, 0.25) is 0 Å². The highest BCUT2D eigenvalue weighted by molar-refractivity contribution is 7.82. The van der Waals surface area contributed by atoms with Crippen LogP contribution >= 0.6 is 0 Å². The Bertz CT molecular complexity index is 367. The van der Waals surface area contributed by atoms with Crippen LogP contribution in [0.3, 0.4) is 0 Å². The Balaban J connectivity index is 4.17. The SMILES string of the molecule is CC(=O)OS(=O)(=O)OC(=O)CCC(=O)O. The second-order valence-electron chi connectivity index (χ2n) is 2.33. The zero-order valence-electron chi connectivity index (χ0n) is 7.63. The average Bonchev–Trinajstić information content (AvgIpc) is 1.96. The minimum atomic E-state index is -4.72. The van der Waals surface area contributed by atoms with Crippen molar-refractivity contribution in [1.82, 2.24) is 0 Å². The van der Waals surface area contributed by atoms with Crippen molar-refractivity contribution >= 4 is 28.3 Å². The lowest BCUT2D eigenvalue weighted by atomic mass is 10.3. The zero-order chi connectivity index (χ0) is 12.1. The smallest absolute Gasteiger partial charge is 0.481 e. The van der Waals surface area contributed by atoms with Crippen molar-refractivity contribution < 1.29 is 36.3 Å². The summed E-state index contributed by atoms with van der Waals surface area (Å²) in [4.78, 5) is 30.9. The lowest BCUT2D eigenvalue weighted by molar-refractivity contribution is -0.143. The van der Waals surface area contributed by atoms with Gasteiger partial charge in [-0.3, -0.25) is 14.4 Å². The van der Waals surface area contributed by atoms with E-state index in [1.54, 1.807) is 0 Å². The van der Waals surface area contributed by atoms with Crippen molar-refractivity contribution in [2.24, 2.45) is 0 Å². The fraction of sp³-hybridized carbons (Fsp3) is 0.500. The molecule has 0 aliphatic rings. The molecule has 0 heterocycles. The maximum absolute atomic E-state index is 10.7. The van der Waals surface area contributed by atoms with E-state index in [0.29, 0.717) is 0 Å². The first-order valence-electron chi connectivity index (χ1n) is 3.62. The third kappa shape index (κ3) is 7.43. The van der Waals surface area contributed by atoms with Crippen LogP contribution in [0.2, 0.25) is 0 Å². The second kappa shape index (κ2) is 5.29. The number of carbonyl (C=O) groups is 3. The molecule has 0 rings (SSSR count). The Morgan fingerprint density at radius 1 is 1.13 bits per heavy atom. The fourth-order valence-corrected chi connectivity index (χ4v) is 1.16. The molecule has 0 aromatic carbocycles. The molecule has 8 nitrogen and oxygen atoms in total. The quantitative estimate of drug-likeness (QED) is 0.662. The Kier molecular flexibility index (Phi) is 4.71. The first-order chi connectivity index (χ1) is 6.73. The number of hydrogen-bond acceptors (Lipinski definition) is 7. The van der Waals surface area contributed by atoms with E-state index in [0.717, 1.165) is 6.92 Å². The van der Waals surface area contributed by atoms with Gasteiger partial charge >= 0.3 is 28.3 Å². The minimum absolute atomic E-state index is 0.575. The van der Waals surface area contributed by atoms with Crippen molar-refractivity contribution in [3.63, 3.8) is 0 Å². The predicted octanol–water partition coefficient (Wildman–Crippen LogP) is -0.798. The van der Waals surface area contributed by atoms with E-state index < -0.39 is 41.1 Å². The van der Waals surface area contributed by atoms with Crippen LogP contribution in [-0.4, -0.2) is 31.4 Å². The molecule has 0 saturated carbocycles. The average molecular weight is 240 g/mol. The van der Waals surface area contributed by atoms with Crippen LogP contribution in [0.25, 0.3) is 0 Å². The van der Waals surface area contributed by atoms with Gasteiger partial charge in [-0.2, -0.15) is 0 Å². The van der Waals surface area contributed by atoms with Crippen LogP contribution in [0.4, 0.5) is 0 Å². The van der Waals surface area contributed by atoms with Crippen molar-refractivity contribution in [3.8, 4) is 0 Å². The summed E-state index contributed by atoms with van der Waals surface area (Å²) < 4.78 is 28.7. The molecule has 0 spiro atoms. The third-order valence-corrected chi connectivity index (χ3v) is 1.79. The lowest BCUT2D eigenvalue weighted by Gasteiger charge is -2.02. The summed E-state index contributed by atoms with van der Waals surface area (Å²) in [5.74, 6) is -3.75. The molecule has 9 heteroatoms. The molecule has 15 heavy (non-hydrogen) atoms. The van der Waals surface area contributed by atoms with E-state index in [-0.39, 0.29) is 0 Å². The molecule has 0 fully saturated rings. The molecule has 0 amide bonds. The molecular formula is C6H8O8S. The maximum atomic E-state index is 10.7. The molecule has 0 aliphatic carbocycles. The summed E-state index contributed by atoms with van der Waals surface area (Å²) in [7, 11) is -4.72. The zero-order valence-corrected chi connectivity index (χ0v) is 8.44. The minimum Gasteiger partial charge on any atom is -0.481 e. The van der Waals surface area contributed by atoms with Crippen molar-refractivity contribution in [1.29, 1.82) is 0 Å². The van der Waals surface area contributed by atoms with Crippen LogP contribution in [0.15, 0.2) is 0 Å². The summed E-state index contributed by atoms with van der Waals surface area (Å²) >= 11 is 0. The highest BCUT2D eigenvalue weighted by Gasteiger charge is 2.21. The van der Waals surface area contributed by atoms with Gasteiger partial charge in [0.05, 0.1) is 12.8 Å². The van der Waals surface area contributed by atoms with E-state index in [2.05, 4.69) is 8.37 Å². The van der Waals surface area contributed by atoms with Gasteiger partial charge in [0.1, 0.15) is 0 Å². The maximum Gasteiger partial charge on any atom is 0.506 e. The second-order valence-corrected chi connectivity index (χ2v) is 3.48. The Morgan fingerprint density at radius 3 is 2.07 bits per heavy atom. The summed E-state index contributed by atoms with van der Waals surface area (Å²) in [5.41, 5.74) is 0. The van der Waals surface area contributed by atoms with E-state index in [1.807, 2.05) is 0 Å². The summed E-state index contributed by atoms with van der Waals surface area (Å²) in [5, 5.41) is 8.16. The topological polar surface area (TPSA) is 124 Å². The van der Waals surface area contributed by atoms with Crippen molar-refractivity contribution in [2.75, 3.05) is 0 Å². The first kappa shape index (κ1) is 13.4. The molecule has 0 saturated heterocycles. The van der Waals surface area contributed by atoms with Gasteiger partial charge in [-0.25, -0.2) is 0 Å². The Morgan fingerprint density at radius 2 is 1.67 bits per heavy atom. The predicted molar refractivity (Wildman–Crippen MR) is 43.6 cm³/mol. The van der Waals surface area contributed by atoms with E-state index in [4.69, 9.17) is 5.11 Å². The molecular weight excluding hydrogens is 232 g/mol. The monoisotopic (exact) mass is 240 g/mol. The highest BCUT2D eigenvalue weighted by atomic mass is 32.3. The largest absolute Gasteiger partial charge is 0.506 e. The van der Waals surface area contributed by atoms with Crippen LogP contribution in [0.1, 0.15) is 19.8 Å². The third-order valence-electron chi connectivity index (χ3n) is 0.957. The summed E-state index contributed by atoms with van der Waals surface area (Å²) in [6, 6.07) is 0. The number of carboxylic acids is 1. The van der Waals surface area contributed by atoms with Gasteiger partial charge in [0, 0.05) is 6.92 Å². The van der Waals surface area contributed by atoms with E-state index in [1.165, 1.54) is 0 Å². The summed E-state index contributed by atoms with van der Waals surface area (Å²) in [6.07, 6.45) is -1.20. The number of aliphatic carboxylic acids is 1. The molecule has 0 aromatic rings. The van der Waals surface area contributed by atoms with Crippen LogP contribution in [0.5, 0.6) is 0 Å².